The van der Waals surface area contributed by atoms with Crippen LogP contribution in [0.3, 0.4) is 0 Å². The number of morpholine rings is 1. The third kappa shape index (κ3) is 4.68. The summed E-state index contributed by atoms with van der Waals surface area (Å²) in [6, 6.07) is 13.7. The van der Waals surface area contributed by atoms with Crippen molar-refractivity contribution in [3.8, 4) is 11.6 Å². The van der Waals surface area contributed by atoms with E-state index >= 15 is 0 Å². The van der Waals surface area contributed by atoms with E-state index in [9.17, 15) is 19.4 Å². The highest BCUT2D eigenvalue weighted by Crippen LogP contribution is 2.27. The Morgan fingerprint density at radius 2 is 1.66 bits per heavy atom. The van der Waals surface area contributed by atoms with Gasteiger partial charge in [-0.3, -0.25) is 9.36 Å². The van der Waals surface area contributed by atoms with Crippen molar-refractivity contribution in [3.05, 3.63) is 70.4 Å². The summed E-state index contributed by atoms with van der Waals surface area (Å²) in [6.45, 7) is 3.58. The summed E-state index contributed by atoms with van der Waals surface area (Å²) < 4.78 is 22.0. The highest BCUT2D eigenvalue weighted by atomic mass is 32.1. The van der Waals surface area contributed by atoms with Gasteiger partial charge < -0.3 is 24.4 Å². The lowest BCUT2D eigenvalue weighted by molar-refractivity contribution is -0.136. The fourth-order valence-electron chi connectivity index (χ4n) is 3.88. The van der Waals surface area contributed by atoms with Gasteiger partial charge in [0, 0.05) is 25.3 Å². The normalized spacial score (nSPS) is 14.0. The minimum absolute atomic E-state index is 0.219. The largest absolute Gasteiger partial charge is 0.493 e. The van der Waals surface area contributed by atoms with Gasteiger partial charge in [0.05, 0.1) is 31.0 Å². The SMILES string of the molecule is O=C(O)Cc1c(O)n(-c2ccc(F)cc2)c(=S)n1CCc1ccc(N2CCOCC2)cc1. The van der Waals surface area contributed by atoms with Crippen molar-refractivity contribution in [2.75, 3.05) is 31.2 Å². The molecule has 3 aromatic rings. The Bertz CT molecular complexity index is 1150. The molecule has 1 aliphatic heterocycles. The van der Waals surface area contributed by atoms with Crippen LogP contribution in [0, 0.1) is 10.6 Å². The summed E-state index contributed by atoms with van der Waals surface area (Å²) in [5, 5.41) is 20.1. The predicted molar refractivity (Wildman–Crippen MR) is 121 cm³/mol. The maximum atomic E-state index is 13.3. The first-order valence-electron chi connectivity index (χ1n) is 10.4. The maximum absolute atomic E-state index is 13.3. The molecule has 0 amide bonds. The smallest absolute Gasteiger partial charge is 0.309 e. The van der Waals surface area contributed by atoms with Gasteiger partial charge in [-0.05, 0) is 60.6 Å². The van der Waals surface area contributed by atoms with E-state index in [0.717, 1.165) is 37.6 Å². The number of carbonyl (C=O) groups is 1. The molecule has 0 aliphatic carbocycles. The number of aliphatic carboxylic acids is 1. The number of aromatic nitrogens is 2. The molecule has 2 aromatic carbocycles. The van der Waals surface area contributed by atoms with E-state index in [1.165, 1.54) is 28.8 Å². The van der Waals surface area contributed by atoms with Gasteiger partial charge in [-0.25, -0.2) is 4.39 Å². The highest BCUT2D eigenvalue weighted by Gasteiger charge is 2.20. The average molecular weight is 458 g/mol. The van der Waals surface area contributed by atoms with E-state index in [1.54, 1.807) is 4.57 Å². The number of nitrogens with zero attached hydrogens (tertiary/aromatic N) is 3. The number of anilines is 1. The molecule has 168 valence electrons. The summed E-state index contributed by atoms with van der Waals surface area (Å²) in [4.78, 5) is 13.7. The number of benzene rings is 2. The van der Waals surface area contributed by atoms with Crippen LogP contribution >= 0.6 is 12.2 Å². The highest BCUT2D eigenvalue weighted by molar-refractivity contribution is 7.71. The molecule has 0 spiro atoms. The second-order valence-electron chi connectivity index (χ2n) is 7.60. The molecular weight excluding hydrogens is 433 g/mol. The molecule has 2 N–H and O–H groups in total. The number of ether oxygens (including phenoxy) is 1. The second kappa shape index (κ2) is 9.54. The van der Waals surface area contributed by atoms with Crippen LogP contribution in [0.25, 0.3) is 5.69 Å². The van der Waals surface area contributed by atoms with Gasteiger partial charge in [0.25, 0.3) is 0 Å². The minimum atomic E-state index is -1.07. The number of halogens is 1. The van der Waals surface area contributed by atoms with Crippen molar-refractivity contribution in [1.82, 2.24) is 9.13 Å². The summed E-state index contributed by atoms with van der Waals surface area (Å²) >= 11 is 5.55. The summed E-state index contributed by atoms with van der Waals surface area (Å²) in [6.07, 6.45) is 0.233. The van der Waals surface area contributed by atoms with Crippen LogP contribution in [-0.2, 0) is 28.9 Å². The van der Waals surface area contributed by atoms with E-state index in [4.69, 9.17) is 17.0 Å². The summed E-state index contributed by atoms with van der Waals surface area (Å²) in [5.41, 5.74) is 2.89. The summed E-state index contributed by atoms with van der Waals surface area (Å²) in [5.74, 6) is -1.73. The number of hydrogen-bond donors (Lipinski definition) is 2. The van der Waals surface area contributed by atoms with Crippen molar-refractivity contribution in [2.24, 2.45) is 0 Å². The van der Waals surface area contributed by atoms with Crippen molar-refractivity contribution in [1.29, 1.82) is 0 Å². The van der Waals surface area contributed by atoms with Crippen molar-refractivity contribution in [3.63, 3.8) is 0 Å². The van der Waals surface area contributed by atoms with E-state index in [0.29, 0.717) is 18.7 Å². The van der Waals surface area contributed by atoms with Crippen LogP contribution in [0.1, 0.15) is 11.3 Å². The Hall–Kier alpha value is -3.17. The standard InChI is InChI=1S/C23H24FN3O4S/c24-17-3-7-19(8-4-17)27-22(30)20(15-21(28)29)26(23(27)32)10-9-16-1-5-18(6-2-16)25-11-13-31-14-12-25/h1-8,30H,9-15H2,(H,28,29). The lowest BCUT2D eigenvalue weighted by atomic mass is 10.1. The third-order valence-corrected chi connectivity index (χ3v) is 5.96. The molecule has 2 heterocycles. The number of imidazole rings is 1. The summed E-state index contributed by atoms with van der Waals surface area (Å²) in [7, 11) is 0. The number of rotatable bonds is 7. The van der Waals surface area contributed by atoms with Gasteiger partial charge >= 0.3 is 5.97 Å². The molecule has 32 heavy (non-hydrogen) atoms. The minimum Gasteiger partial charge on any atom is -0.493 e. The first-order chi connectivity index (χ1) is 15.4. The molecule has 4 rings (SSSR count). The lowest BCUT2D eigenvalue weighted by Gasteiger charge is -2.28. The van der Waals surface area contributed by atoms with Crippen LogP contribution in [0.15, 0.2) is 48.5 Å². The van der Waals surface area contributed by atoms with Gasteiger partial charge in [-0.15, -0.1) is 0 Å². The van der Waals surface area contributed by atoms with Crippen LogP contribution < -0.4 is 4.90 Å². The number of aromatic hydroxyl groups is 1. The Morgan fingerprint density at radius 1 is 1.03 bits per heavy atom. The molecule has 1 aliphatic rings. The quantitative estimate of drug-likeness (QED) is 0.528. The lowest BCUT2D eigenvalue weighted by Crippen LogP contribution is -2.36. The molecule has 7 nitrogen and oxygen atoms in total. The van der Waals surface area contributed by atoms with E-state index in [1.807, 2.05) is 12.1 Å². The zero-order valence-corrected chi connectivity index (χ0v) is 18.2. The predicted octanol–water partition coefficient (Wildman–Crippen LogP) is 3.56. The number of carboxylic acid groups (broad SMARTS) is 1. The van der Waals surface area contributed by atoms with E-state index in [2.05, 4.69) is 17.0 Å². The topological polar surface area (TPSA) is 79.9 Å². The molecule has 1 saturated heterocycles. The monoisotopic (exact) mass is 457 g/mol. The first-order valence-corrected chi connectivity index (χ1v) is 10.8. The van der Waals surface area contributed by atoms with Gasteiger partial charge in [0.15, 0.2) is 4.77 Å². The molecule has 0 saturated carbocycles. The fourth-order valence-corrected chi connectivity index (χ4v) is 4.28. The molecule has 1 fully saturated rings. The maximum Gasteiger partial charge on any atom is 0.309 e. The molecule has 1 aromatic heterocycles. The average Bonchev–Trinajstić information content (AvgIpc) is 3.02. The van der Waals surface area contributed by atoms with E-state index < -0.39 is 11.8 Å². The zero-order valence-electron chi connectivity index (χ0n) is 17.4. The van der Waals surface area contributed by atoms with Crippen LogP contribution in [0.4, 0.5) is 10.1 Å². The Labute approximate surface area is 189 Å². The van der Waals surface area contributed by atoms with Crippen LogP contribution in [0.5, 0.6) is 5.88 Å². The third-order valence-electron chi connectivity index (χ3n) is 5.56. The van der Waals surface area contributed by atoms with Gasteiger partial charge in [-0.2, -0.15) is 0 Å². The number of carboxylic acids is 1. The first kappa shape index (κ1) is 22.0. The molecule has 0 atom stereocenters. The van der Waals surface area contributed by atoms with Gasteiger partial charge in [-0.1, -0.05) is 12.1 Å². The number of aryl methyl sites for hydroxylation is 1. The van der Waals surface area contributed by atoms with Crippen molar-refractivity contribution in [2.45, 2.75) is 19.4 Å². The number of hydrogen-bond acceptors (Lipinski definition) is 5. The Morgan fingerprint density at radius 3 is 2.28 bits per heavy atom. The van der Waals surface area contributed by atoms with E-state index in [-0.39, 0.29) is 22.8 Å². The van der Waals surface area contributed by atoms with Gasteiger partial charge in [0.2, 0.25) is 5.88 Å². The van der Waals surface area contributed by atoms with Crippen molar-refractivity contribution >= 4 is 23.9 Å². The molecular formula is C23H24FN3O4S. The second-order valence-corrected chi connectivity index (χ2v) is 7.97. The zero-order chi connectivity index (χ0) is 22.7. The Kier molecular flexibility index (Phi) is 6.57. The Balaban J connectivity index is 1.58. The fraction of sp³-hybridized carbons (Fsp3) is 0.304. The van der Waals surface area contributed by atoms with Crippen molar-refractivity contribution < 1.29 is 24.1 Å². The van der Waals surface area contributed by atoms with Gasteiger partial charge in [0.1, 0.15) is 5.82 Å². The van der Waals surface area contributed by atoms with Crippen LogP contribution in [0.2, 0.25) is 0 Å². The molecule has 0 radical (unpaired) electrons. The molecule has 0 unspecified atom stereocenters. The van der Waals surface area contributed by atoms with Crippen LogP contribution in [-0.4, -0.2) is 51.6 Å². The molecule has 9 heteroatoms. The molecule has 0 bridgehead atoms.